The molecule has 0 aromatic heterocycles. The molecule has 0 spiro atoms. The molecule has 1 aliphatic carbocycles. The Bertz CT molecular complexity index is 250. The Morgan fingerprint density at radius 2 is 1.47 bits per heavy atom. The van der Waals surface area contributed by atoms with Gasteiger partial charge in [0.25, 0.3) is 0 Å². The van der Waals surface area contributed by atoms with Crippen molar-refractivity contribution in [3.8, 4) is 0 Å². The summed E-state index contributed by atoms with van der Waals surface area (Å²) in [5.41, 5.74) is 0. The van der Waals surface area contributed by atoms with Crippen LogP contribution in [0.3, 0.4) is 0 Å². The number of unbranched alkanes of at least 4 members (excludes halogenated alkanes) is 2. The second-order valence-corrected chi connectivity index (χ2v) is 12.8. The quantitative estimate of drug-likeness (QED) is 0.541. The average Bonchev–Trinajstić information content (AvgIpc) is 2.41. The molecule has 0 amide bonds. The lowest BCUT2D eigenvalue weighted by Crippen LogP contribution is -2.37. The van der Waals surface area contributed by atoms with Crippen molar-refractivity contribution in [2.75, 3.05) is 0 Å². The van der Waals surface area contributed by atoms with Gasteiger partial charge in [-0.1, -0.05) is 63.7 Å². The van der Waals surface area contributed by atoms with Crippen LogP contribution in [0.15, 0.2) is 0 Å². The van der Waals surface area contributed by atoms with E-state index in [2.05, 4.69) is 13.5 Å². The fraction of sp³-hybridized carbons (Fsp3) is 1.00. The predicted octanol–water partition coefficient (Wildman–Crippen LogP) is 5.22. The van der Waals surface area contributed by atoms with Crippen molar-refractivity contribution < 1.29 is 5.11 Å². The summed E-state index contributed by atoms with van der Waals surface area (Å²) in [6.45, 7) is 4.99. The van der Waals surface area contributed by atoms with Crippen LogP contribution in [0.25, 0.3) is 0 Å². The molecule has 0 aromatic carbocycles. The van der Waals surface area contributed by atoms with Crippen molar-refractivity contribution in [3.05, 3.63) is 0 Å². The van der Waals surface area contributed by atoms with Gasteiger partial charge in [-0.05, 0) is 37.5 Å². The van der Waals surface area contributed by atoms with Gasteiger partial charge in [-0.2, -0.15) is 0 Å². The van der Waals surface area contributed by atoms with Crippen LogP contribution in [0.5, 0.6) is 0 Å². The SMILES string of the molecule is CCCCC[Si]1(C)CCC(C2CCC(O)CC2)CC1. The molecule has 0 unspecified atom stereocenters. The molecule has 1 N–H and O–H groups in total. The number of rotatable bonds is 5. The van der Waals surface area contributed by atoms with Gasteiger partial charge in [0.1, 0.15) is 0 Å². The zero-order valence-electron chi connectivity index (χ0n) is 13.2. The van der Waals surface area contributed by atoms with Gasteiger partial charge in [-0.3, -0.25) is 0 Å². The summed E-state index contributed by atoms with van der Waals surface area (Å²) in [7, 11) is -0.842. The second kappa shape index (κ2) is 7.26. The molecule has 112 valence electrons. The predicted molar refractivity (Wildman–Crippen MR) is 86.3 cm³/mol. The van der Waals surface area contributed by atoms with Gasteiger partial charge in [0.05, 0.1) is 14.2 Å². The first-order valence-electron chi connectivity index (χ1n) is 8.81. The summed E-state index contributed by atoms with van der Waals surface area (Å²) in [4.78, 5) is 0. The zero-order chi connectivity index (χ0) is 13.7. The van der Waals surface area contributed by atoms with Crippen LogP contribution < -0.4 is 0 Å². The lowest BCUT2D eigenvalue weighted by molar-refractivity contribution is 0.0879. The van der Waals surface area contributed by atoms with Gasteiger partial charge in [0, 0.05) is 0 Å². The van der Waals surface area contributed by atoms with Crippen molar-refractivity contribution in [2.45, 2.75) is 95.5 Å². The zero-order valence-corrected chi connectivity index (χ0v) is 14.2. The minimum Gasteiger partial charge on any atom is -0.393 e. The molecule has 2 heteroatoms. The van der Waals surface area contributed by atoms with Crippen molar-refractivity contribution >= 4 is 8.07 Å². The van der Waals surface area contributed by atoms with Gasteiger partial charge in [-0.15, -0.1) is 0 Å². The van der Waals surface area contributed by atoms with E-state index in [-0.39, 0.29) is 6.10 Å². The van der Waals surface area contributed by atoms with E-state index in [0.717, 1.165) is 24.7 Å². The minimum absolute atomic E-state index is 0.0218. The second-order valence-electron chi connectivity index (χ2n) is 7.67. The third kappa shape index (κ3) is 4.59. The third-order valence-corrected chi connectivity index (χ3v) is 10.6. The van der Waals surface area contributed by atoms with E-state index < -0.39 is 8.07 Å². The molecule has 19 heavy (non-hydrogen) atoms. The van der Waals surface area contributed by atoms with E-state index >= 15 is 0 Å². The highest BCUT2D eigenvalue weighted by Gasteiger charge is 2.36. The highest BCUT2D eigenvalue weighted by atomic mass is 28.3. The normalized spacial score (nSPS) is 40.3. The van der Waals surface area contributed by atoms with Crippen LogP contribution in [-0.4, -0.2) is 19.3 Å². The van der Waals surface area contributed by atoms with E-state index in [4.69, 9.17) is 0 Å². The van der Waals surface area contributed by atoms with Gasteiger partial charge >= 0.3 is 0 Å². The fourth-order valence-electron chi connectivity index (χ4n) is 4.43. The molecular formula is C17H34OSi. The highest BCUT2D eigenvalue weighted by Crippen LogP contribution is 2.43. The lowest BCUT2D eigenvalue weighted by Gasteiger charge is -2.41. The maximum atomic E-state index is 9.64. The Labute approximate surface area is 121 Å². The Kier molecular flexibility index (Phi) is 5.95. The molecule has 0 aromatic rings. The Hall–Kier alpha value is 0.177. The van der Waals surface area contributed by atoms with Crippen LogP contribution in [0.4, 0.5) is 0 Å². The summed E-state index contributed by atoms with van der Waals surface area (Å²) in [6.07, 6.45) is 12.2. The fourth-order valence-corrected chi connectivity index (χ4v) is 8.42. The van der Waals surface area contributed by atoms with Gasteiger partial charge in [-0.25, -0.2) is 0 Å². The number of aliphatic hydroxyl groups is 1. The molecule has 2 aliphatic rings. The molecular weight excluding hydrogens is 248 g/mol. The van der Waals surface area contributed by atoms with Gasteiger partial charge in [0.2, 0.25) is 0 Å². The molecule has 0 bridgehead atoms. The number of aliphatic hydroxyl groups excluding tert-OH is 1. The number of hydrogen-bond donors (Lipinski definition) is 1. The van der Waals surface area contributed by atoms with Crippen LogP contribution >= 0.6 is 0 Å². The molecule has 1 heterocycles. The third-order valence-electron chi connectivity index (χ3n) is 6.03. The molecule has 2 fully saturated rings. The van der Waals surface area contributed by atoms with Crippen LogP contribution in [-0.2, 0) is 0 Å². The summed E-state index contributed by atoms with van der Waals surface area (Å²) in [5.74, 6) is 1.97. The Balaban J connectivity index is 1.72. The summed E-state index contributed by atoms with van der Waals surface area (Å²) < 4.78 is 0. The molecule has 1 saturated heterocycles. The summed E-state index contributed by atoms with van der Waals surface area (Å²) in [5, 5.41) is 9.64. The summed E-state index contributed by atoms with van der Waals surface area (Å²) >= 11 is 0. The number of hydrogen-bond acceptors (Lipinski definition) is 1. The van der Waals surface area contributed by atoms with Crippen molar-refractivity contribution in [1.29, 1.82) is 0 Å². The van der Waals surface area contributed by atoms with Crippen molar-refractivity contribution in [2.24, 2.45) is 11.8 Å². The van der Waals surface area contributed by atoms with Gasteiger partial charge in [0.15, 0.2) is 0 Å². The topological polar surface area (TPSA) is 20.2 Å². The molecule has 0 radical (unpaired) electrons. The first-order chi connectivity index (χ1) is 9.13. The molecule has 0 atom stereocenters. The van der Waals surface area contributed by atoms with E-state index in [1.54, 1.807) is 18.1 Å². The standard InChI is InChI=1S/C17H34OSi/c1-3-4-5-12-19(2)13-10-16(11-14-19)15-6-8-17(18)9-7-15/h15-18H,3-14H2,1-2H3. The lowest BCUT2D eigenvalue weighted by atomic mass is 9.76. The van der Waals surface area contributed by atoms with E-state index in [1.807, 2.05) is 0 Å². The Morgan fingerprint density at radius 1 is 0.895 bits per heavy atom. The van der Waals surface area contributed by atoms with E-state index in [1.165, 1.54) is 44.9 Å². The van der Waals surface area contributed by atoms with Crippen molar-refractivity contribution in [3.63, 3.8) is 0 Å². The van der Waals surface area contributed by atoms with E-state index in [9.17, 15) is 5.11 Å². The minimum atomic E-state index is -0.842. The molecule has 1 saturated carbocycles. The maximum absolute atomic E-state index is 9.64. The van der Waals surface area contributed by atoms with Crippen LogP contribution in [0, 0.1) is 11.8 Å². The van der Waals surface area contributed by atoms with Crippen LogP contribution in [0.1, 0.15) is 64.7 Å². The van der Waals surface area contributed by atoms with Gasteiger partial charge < -0.3 is 5.11 Å². The molecule has 1 aliphatic heterocycles. The maximum Gasteiger partial charge on any atom is 0.0540 e. The smallest absolute Gasteiger partial charge is 0.0540 e. The summed E-state index contributed by atoms with van der Waals surface area (Å²) in [6, 6.07) is 4.79. The van der Waals surface area contributed by atoms with E-state index in [0.29, 0.717) is 0 Å². The first kappa shape index (κ1) is 15.6. The van der Waals surface area contributed by atoms with Crippen LogP contribution in [0.2, 0.25) is 24.7 Å². The first-order valence-corrected chi connectivity index (χ1v) is 11.9. The molecule has 2 rings (SSSR count). The highest BCUT2D eigenvalue weighted by molar-refractivity contribution is 6.78. The van der Waals surface area contributed by atoms with Crippen molar-refractivity contribution in [1.82, 2.24) is 0 Å². The average molecular weight is 283 g/mol. The molecule has 1 nitrogen and oxygen atoms in total. The largest absolute Gasteiger partial charge is 0.393 e. The Morgan fingerprint density at radius 3 is 2.05 bits per heavy atom. The monoisotopic (exact) mass is 282 g/mol.